The molecule has 0 aliphatic heterocycles. The molecule has 5 nitrogen and oxygen atoms in total. The van der Waals surface area contributed by atoms with E-state index in [9.17, 15) is 4.79 Å². The van der Waals surface area contributed by atoms with Crippen molar-refractivity contribution in [2.75, 3.05) is 13.2 Å². The summed E-state index contributed by atoms with van der Waals surface area (Å²) in [7, 11) is 0. The molecule has 3 aromatic rings. The number of thiophene rings is 1. The topological polar surface area (TPSA) is 54.7 Å². The highest BCUT2D eigenvalue weighted by Gasteiger charge is 2.16. The minimum absolute atomic E-state index is 0.138. The molecule has 0 unspecified atom stereocenters. The lowest BCUT2D eigenvalue weighted by molar-refractivity contribution is 0.185. The van der Waals surface area contributed by atoms with Crippen LogP contribution in [0.5, 0.6) is 5.75 Å². The molecule has 0 spiro atoms. The van der Waals surface area contributed by atoms with E-state index < -0.39 is 0 Å². The highest BCUT2D eigenvalue weighted by molar-refractivity contribution is 7.09. The van der Waals surface area contributed by atoms with Gasteiger partial charge >= 0.3 is 6.03 Å². The fourth-order valence-corrected chi connectivity index (χ4v) is 3.06. The SMILES string of the molecule is O=C(NCCOc1ccccc1)N(Cc1ccco1)Cc1cccs1. The fourth-order valence-electron chi connectivity index (χ4n) is 2.34. The molecule has 1 N–H and O–H groups in total. The van der Waals surface area contributed by atoms with Crippen LogP contribution in [0.3, 0.4) is 0 Å². The van der Waals surface area contributed by atoms with Gasteiger partial charge in [0.15, 0.2) is 0 Å². The molecule has 0 atom stereocenters. The molecule has 3 rings (SSSR count). The van der Waals surface area contributed by atoms with Gasteiger partial charge in [0, 0.05) is 4.88 Å². The third-order valence-electron chi connectivity index (χ3n) is 3.53. The largest absolute Gasteiger partial charge is 0.492 e. The van der Waals surface area contributed by atoms with Crippen LogP contribution >= 0.6 is 11.3 Å². The van der Waals surface area contributed by atoms with Crippen LogP contribution in [-0.2, 0) is 13.1 Å². The molecular formula is C19H20N2O3S. The Kier molecular flexibility index (Phi) is 6.11. The van der Waals surface area contributed by atoms with Crippen molar-refractivity contribution >= 4 is 17.4 Å². The maximum absolute atomic E-state index is 12.5. The average molecular weight is 356 g/mol. The number of benzene rings is 1. The Hall–Kier alpha value is -2.73. The Morgan fingerprint density at radius 1 is 1.08 bits per heavy atom. The third kappa shape index (κ3) is 5.39. The lowest BCUT2D eigenvalue weighted by atomic mass is 10.3. The second-order valence-electron chi connectivity index (χ2n) is 5.41. The molecule has 0 radical (unpaired) electrons. The van der Waals surface area contributed by atoms with Gasteiger partial charge in [-0.05, 0) is 35.7 Å². The smallest absolute Gasteiger partial charge is 0.318 e. The molecule has 130 valence electrons. The Morgan fingerprint density at radius 2 is 1.96 bits per heavy atom. The first-order chi connectivity index (χ1) is 12.3. The van der Waals surface area contributed by atoms with Crippen molar-refractivity contribution in [3.05, 3.63) is 76.9 Å². The van der Waals surface area contributed by atoms with E-state index in [-0.39, 0.29) is 6.03 Å². The molecule has 1 aromatic carbocycles. The zero-order chi connectivity index (χ0) is 17.3. The average Bonchev–Trinajstić information content (AvgIpc) is 3.33. The predicted octanol–water partition coefficient (Wildman–Crippen LogP) is 4.13. The molecule has 0 fully saturated rings. The van der Waals surface area contributed by atoms with Gasteiger partial charge in [0.1, 0.15) is 18.1 Å². The summed E-state index contributed by atoms with van der Waals surface area (Å²) in [5.41, 5.74) is 0. The van der Waals surface area contributed by atoms with Crippen LogP contribution in [0, 0.1) is 0 Å². The summed E-state index contributed by atoms with van der Waals surface area (Å²) < 4.78 is 11.0. The molecule has 2 heterocycles. The normalized spacial score (nSPS) is 10.4. The summed E-state index contributed by atoms with van der Waals surface area (Å²) >= 11 is 1.63. The number of nitrogens with zero attached hydrogens (tertiary/aromatic N) is 1. The van der Waals surface area contributed by atoms with Crippen LogP contribution in [0.15, 0.2) is 70.7 Å². The predicted molar refractivity (Wildman–Crippen MR) is 97.6 cm³/mol. The Balaban J connectivity index is 1.51. The van der Waals surface area contributed by atoms with Gasteiger partial charge in [0.25, 0.3) is 0 Å². The Morgan fingerprint density at radius 3 is 2.68 bits per heavy atom. The zero-order valence-corrected chi connectivity index (χ0v) is 14.6. The monoisotopic (exact) mass is 356 g/mol. The van der Waals surface area contributed by atoms with E-state index in [0.29, 0.717) is 26.2 Å². The summed E-state index contributed by atoms with van der Waals surface area (Å²) in [5.74, 6) is 1.55. The van der Waals surface area contributed by atoms with Crippen molar-refractivity contribution in [2.24, 2.45) is 0 Å². The van der Waals surface area contributed by atoms with Crippen molar-refractivity contribution in [3.8, 4) is 5.75 Å². The van der Waals surface area contributed by atoms with E-state index in [0.717, 1.165) is 16.4 Å². The number of carbonyl (C=O) groups excluding carboxylic acids is 1. The van der Waals surface area contributed by atoms with Crippen molar-refractivity contribution in [2.45, 2.75) is 13.1 Å². The molecule has 6 heteroatoms. The summed E-state index contributed by atoms with van der Waals surface area (Å²) in [4.78, 5) is 15.4. The van der Waals surface area contributed by atoms with Gasteiger partial charge < -0.3 is 19.4 Å². The maximum Gasteiger partial charge on any atom is 0.318 e. The molecule has 0 aliphatic rings. The summed E-state index contributed by atoms with van der Waals surface area (Å²) in [6.07, 6.45) is 1.62. The number of ether oxygens (including phenoxy) is 1. The summed E-state index contributed by atoms with van der Waals surface area (Å²) in [6.45, 7) is 1.83. The van der Waals surface area contributed by atoms with Gasteiger partial charge in [-0.2, -0.15) is 0 Å². The van der Waals surface area contributed by atoms with E-state index in [4.69, 9.17) is 9.15 Å². The first kappa shape index (κ1) is 17.1. The van der Waals surface area contributed by atoms with Gasteiger partial charge in [0.05, 0.1) is 25.9 Å². The van der Waals surface area contributed by atoms with E-state index in [1.807, 2.05) is 60.0 Å². The number of para-hydroxylation sites is 1. The number of carbonyl (C=O) groups is 1. The number of hydrogen-bond acceptors (Lipinski definition) is 4. The van der Waals surface area contributed by atoms with Crippen molar-refractivity contribution in [1.29, 1.82) is 0 Å². The Labute approximate surface area is 150 Å². The lowest BCUT2D eigenvalue weighted by Crippen LogP contribution is -2.40. The number of urea groups is 1. The summed E-state index contributed by atoms with van der Waals surface area (Å²) in [6, 6.07) is 17.1. The second kappa shape index (κ2) is 8.94. The van der Waals surface area contributed by atoms with Crippen LogP contribution in [0.4, 0.5) is 4.79 Å². The van der Waals surface area contributed by atoms with E-state index in [2.05, 4.69) is 5.32 Å². The minimum atomic E-state index is -0.138. The zero-order valence-electron chi connectivity index (χ0n) is 13.8. The lowest BCUT2D eigenvalue weighted by Gasteiger charge is -2.21. The number of rotatable bonds is 8. The highest BCUT2D eigenvalue weighted by Crippen LogP contribution is 2.15. The van der Waals surface area contributed by atoms with Crippen LogP contribution in [0.2, 0.25) is 0 Å². The van der Waals surface area contributed by atoms with Crippen LogP contribution in [0.1, 0.15) is 10.6 Å². The van der Waals surface area contributed by atoms with Gasteiger partial charge in [-0.25, -0.2) is 4.79 Å². The molecule has 2 aromatic heterocycles. The molecular weight excluding hydrogens is 336 g/mol. The maximum atomic E-state index is 12.5. The second-order valence-corrected chi connectivity index (χ2v) is 6.44. The first-order valence-electron chi connectivity index (χ1n) is 8.06. The molecule has 0 aliphatic carbocycles. The van der Waals surface area contributed by atoms with Crippen molar-refractivity contribution in [1.82, 2.24) is 10.2 Å². The fraction of sp³-hybridized carbons (Fsp3) is 0.211. The van der Waals surface area contributed by atoms with Gasteiger partial charge in [-0.1, -0.05) is 24.3 Å². The van der Waals surface area contributed by atoms with Gasteiger partial charge in [-0.3, -0.25) is 0 Å². The van der Waals surface area contributed by atoms with E-state index in [1.165, 1.54) is 0 Å². The quantitative estimate of drug-likeness (QED) is 0.618. The third-order valence-corrected chi connectivity index (χ3v) is 4.39. The number of amides is 2. The molecule has 25 heavy (non-hydrogen) atoms. The van der Waals surface area contributed by atoms with Gasteiger partial charge in [0.2, 0.25) is 0 Å². The number of hydrogen-bond donors (Lipinski definition) is 1. The Bertz CT molecular complexity index is 706. The van der Waals surface area contributed by atoms with Gasteiger partial charge in [-0.15, -0.1) is 11.3 Å². The molecule has 0 bridgehead atoms. The van der Waals surface area contributed by atoms with Crippen molar-refractivity contribution < 1.29 is 13.9 Å². The minimum Gasteiger partial charge on any atom is -0.492 e. The van der Waals surface area contributed by atoms with Crippen LogP contribution in [-0.4, -0.2) is 24.1 Å². The first-order valence-corrected chi connectivity index (χ1v) is 8.94. The summed E-state index contributed by atoms with van der Waals surface area (Å²) in [5, 5.41) is 4.91. The van der Waals surface area contributed by atoms with E-state index in [1.54, 1.807) is 22.5 Å². The molecule has 0 saturated carbocycles. The van der Waals surface area contributed by atoms with E-state index >= 15 is 0 Å². The van der Waals surface area contributed by atoms with Crippen molar-refractivity contribution in [3.63, 3.8) is 0 Å². The molecule has 2 amide bonds. The van der Waals surface area contributed by atoms with Crippen LogP contribution < -0.4 is 10.1 Å². The highest BCUT2D eigenvalue weighted by atomic mass is 32.1. The number of furan rings is 1. The molecule has 0 saturated heterocycles. The standard InChI is InChI=1S/C19H20N2O3S/c22-19(20-10-12-24-16-6-2-1-3-7-16)21(14-17-8-4-11-23-17)15-18-9-5-13-25-18/h1-9,11,13H,10,12,14-15H2,(H,20,22). The van der Waals surface area contributed by atoms with Crippen LogP contribution in [0.25, 0.3) is 0 Å². The number of nitrogens with one attached hydrogen (secondary N) is 1.